The fourth-order valence-electron chi connectivity index (χ4n) is 5.22. The van der Waals surface area contributed by atoms with Gasteiger partial charge in [0.15, 0.2) is 6.29 Å². The van der Waals surface area contributed by atoms with Gasteiger partial charge in [0.05, 0.1) is 33.0 Å². The summed E-state index contributed by atoms with van der Waals surface area (Å²) in [6.45, 7) is -0.0320. The van der Waals surface area contributed by atoms with Gasteiger partial charge >= 0.3 is 12.0 Å². The summed E-state index contributed by atoms with van der Waals surface area (Å²) in [5, 5.41) is 15.1. The van der Waals surface area contributed by atoms with Gasteiger partial charge in [0.25, 0.3) is 0 Å². The van der Waals surface area contributed by atoms with E-state index in [9.17, 15) is 14.7 Å². The van der Waals surface area contributed by atoms with Crippen molar-refractivity contribution in [3.63, 3.8) is 0 Å². The lowest BCUT2D eigenvalue weighted by molar-refractivity contribution is -0.245. The van der Waals surface area contributed by atoms with Gasteiger partial charge in [0.2, 0.25) is 0 Å². The summed E-state index contributed by atoms with van der Waals surface area (Å²) >= 11 is 1.66. The van der Waals surface area contributed by atoms with E-state index >= 15 is 0 Å². The number of esters is 1. The largest absolute Gasteiger partial charge is 0.496 e. The van der Waals surface area contributed by atoms with E-state index < -0.39 is 24.3 Å². The second-order valence-corrected chi connectivity index (χ2v) is 11.9. The van der Waals surface area contributed by atoms with Crippen LogP contribution < -0.4 is 15.4 Å². The average molecular weight is 643 g/mol. The summed E-state index contributed by atoms with van der Waals surface area (Å²) in [5.74, 6) is 0.941. The van der Waals surface area contributed by atoms with Gasteiger partial charge in [-0.1, -0.05) is 78.9 Å². The number of carbonyl (C=O) groups is 2. The van der Waals surface area contributed by atoms with E-state index in [0.717, 1.165) is 32.9 Å². The summed E-state index contributed by atoms with van der Waals surface area (Å²) in [6.07, 6.45) is -0.193. The standard InChI is InChI=1S/C36H38N2O7S/c1-42-31-13-6-7-14-33(31)46-23-29-21-32(26-17-15-25(22-39)16-18-26)45-35(44-29)27-11-8-12-28(20-27)37-36(41)38-30(34(40)43-2)19-24-9-4-3-5-10-24/h3-18,20,29-30,32,35,39H,19,21-23H2,1-2H3,(H2,37,38,41)/t29-,30-,32+,35+/m0/s1. The summed E-state index contributed by atoms with van der Waals surface area (Å²) in [7, 11) is 2.95. The molecule has 4 aromatic carbocycles. The molecule has 2 amide bonds. The number of benzene rings is 4. The number of amides is 2. The Bertz CT molecular complexity index is 1590. The van der Waals surface area contributed by atoms with Crippen LogP contribution in [0, 0.1) is 0 Å². The second kappa shape index (κ2) is 16.3. The molecular formula is C36H38N2O7S. The number of carbonyl (C=O) groups excluding carboxylic acids is 2. The normalized spacial score (nSPS) is 18.3. The van der Waals surface area contributed by atoms with Crippen LogP contribution in [0.2, 0.25) is 0 Å². The van der Waals surface area contributed by atoms with Crippen LogP contribution in [0.25, 0.3) is 0 Å². The molecule has 240 valence electrons. The highest BCUT2D eigenvalue weighted by Gasteiger charge is 2.32. The van der Waals surface area contributed by atoms with Gasteiger partial charge in [-0.05, 0) is 41.0 Å². The van der Waals surface area contributed by atoms with Crippen molar-refractivity contribution in [1.29, 1.82) is 0 Å². The fraction of sp³-hybridized carbons (Fsp3) is 0.278. The SMILES string of the molecule is COC(=O)[C@H](Cc1ccccc1)NC(=O)Nc1cccc([C@@H]2O[C@H](CSc3ccccc3OC)C[C@H](c3ccc(CO)cc3)O2)c1. The smallest absolute Gasteiger partial charge is 0.328 e. The number of hydrogen-bond donors (Lipinski definition) is 3. The predicted molar refractivity (Wildman–Crippen MR) is 177 cm³/mol. The number of thioether (sulfide) groups is 1. The maximum absolute atomic E-state index is 13.0. The van der Waals surface area contributed by atoms with Crippen molar-refractivity contribution in [2.75, 3.05) is 25.3 Å². The number of para-hydroxylation sites is 1. The summed E-state index contributed by atoms with van der Waals surface area (Å²) in [5.41, 5.74) is 3.95. The molecule has 10 heteroatoms. The van der Waals surface area contributed by atoms with Gasteiger partial charge in [0, 0.05) is 34.7 Å². The van der Waals surface area contributed by atoms with Crippen LogP contribution in [0.5, 0.6) is 5.75 Å². The third kappa shape index (κ3) is 8.88. The number of nitrogens with one attached hydrogen (secondary N) is 2. The Morgan fingerprint density at radius 2 is 1.65 bits per heavy atom. The number of aliphatic hydroxyl groups is 1. The molecule has 4 atom stereocenters. The van der Waals surface area contributed by atoms with Crippen LogP contribution in [0.1, 0.15) is 41.1 Å². The molecule has 9 nitrogen and oxygen atoms in total. The monoisotopic (exact) mass is 642 g/mol. The van der Waals surface area contributed by atoms with Gasteiger partial charge < -0.3 is 34.7 Å². The maximum Gasteiger partial charge on any atom is 0.328 e. The molecule has 0 aliphatic carbocycles. The number of rotatable bonds is 12. The third-order valence-electron chi connectivity index (χ3n) is 7.60. The fourth-order valence-corrected chi connectivity index (χ4v) is 6.27. The summed E-state index contributed by atoms with van der Waals surface area (Å²) in [4.78, 5) is 26.5. The zero-order chi connectivity index (χ0) is 32.3. The van der Waals surface area contributed by atoms with E-state index in [4.69, 9.17) is 18.9 Å². The molecule has 0 unspecified atom stereocenters. The molecule has 5 rings (SSSR count). The topological polar surface area (TPSA) is 115 Å². The minimum atomic E-state index is -0.861. The average Bonchev–Trinajstić information content (AvgIpc) is 3.10. The van der Waals surface area contributed by atoms with Crippen molar-refractivity contribution < 1.29 is 33.6 Å². The Labute approximate surface area is 273 Å². The van der Waals surface area contributed by atoms with Gasteiger partial charge in [-0.25, -0.2) is 9.59 Å². The van der Waals surface area contributed by atoms with Crippen molar-refractivity contribution in [1.82, 2.24) is 5.32 Å². The van der Waals surface area contributed by atoms with Crippen LogP contribution in [0.4, 0.5) is 10.5 Å². The molecule has 0 spiro atoms. The molecule has 0 aromatic heterocycles. The molecule has 0 radical (unpaired) electrons. The van der Waals surface area contributed by atoms with Crippen molar-refractivity contribution in [3.05, 3.63) is 125 Å². The zero-order valence-electron chi connectivity index (χ0n) is 25.8. The van der Waals surface area contributed by atoms with E-state index in [2.05, 4.69) is 10.6 Å². The van der Waals surface area contributed by atoms with Crippen LogP contribution in [0.15, 0.2) is 108 Å². The number of urea groups is 1. The first-order chi connectivity index (χ1) is 22.4. The maximum atomic E-state index is 13.0. The van der Waals surface area contributed by atoms with Crippen LogP contribution in [-0.4, -0.2) is 49.2 Å². The Balaban J connectivity index is 1.31. The molecule has 1 aliphatic heterocycles. The van der Waals surface area contributed by atoms with E-state index in [1.165, 1.54) is 7.11 Å². The molecule has 3 N–H and O–H groups in total. The van der Waals surface area contributed by atoms with Crippen LogP contribution in [-0.2, 0) is 32.0 Å². The predicted octanol–water partition coefficient (Wildman–Crippen LogP) is 6.43. The van der Waals surface area contributed by atoms with Gasteiger partial charge in [-0.2, -0.15) is 0 Å². The first kappa shape index (κ1) is 33.0. The highest BCUT2D eigenvalue weighted by Crippen LogP contribution is 2.40. The van der Waals surface area contributed by atoms with Gasteiger partial charge in [-0.15, -0.1) is 11.8 Å². The van der Waals surface area contributed by atoms with Crippen molar-refractivity contribution in [2.45, 2.75) is 48.9 Å². The lowest BCUT2D eigenvalue weighted by Crippen LogP contribution is -2.45. The minimum Gasteiger partial charge on any atom is -0.496 e. The molecule has 1 fully saturated rings. The lowest BCUT2D eigenvalue weighted by Gasteiger charge is -2.36. The van der Waals surface area contributed by atoms with E-state index in [-0.39, 0.29) is 18.8 Å². The molecular weight excluding hydrogens is 604 g/mol. The summed E-state index contributed by atoms with van der Waals surface area (Å²) in [6, 6.07) is 30.9. The molecule has 1 heterocycles. The molecule has 0 saturated carbocycles. The van der Waals surface area contributed by atoms with E-state index in [0.29, 0.717) is 24.3 Å². The number of hydrogen-bond acceptors (Lipinski definition) is 8. The minimum absolute atomic E-state index is 0.0320. The third-order valence-corrected chi connectivity index (χ3v) is 8.79. The van der Waals surface area contributed by atoms with E-state index in [1.54, 1.807) is 31.0 Å². The molecule has 1 aliphatic rings. The van der Waals surface area contributed by atoms with Crippen molar-refractivity contribution in [3.8, 4) is 5.75 Å². The number of ether oxygens (including phenoxy) is 4. The van der Waals surface area contributed by atoms with Crippen molar-refractivity contribution >= 4 is 29.4 Å². The summed E-state index contributed by atoms with van der Waals surface area (Å²) < 4.78 is 23.4. The number of anilines is 1. The Morgan fingerprint density at radius 3 is 2.39 bits per heavy atom. The Morgan fingerprint density at radius 1 is 0.891 bits per heavy atom. The highest BCUT2D eigenvalue weighted by molar-refractivity contribution is 7.99. The first-order valence-corrected chi connectivity index (χ1v) is 16.0. The Kier molecular flexibility index (Phi) is 11.7. The second-order valence-electron chi connectivity index (χ2n) is 10.8. The van der Waals surface area contributed by atoms with Crippen LogP contribution in [0.3, 0.4) is 0 Å². The molecule has 46 heavy (non-hydrogen) atoms. The van der Waals surface area contributed by atoms with Crippen LogP contribution >= 0.6 is 11.8 Å². The number of methoxy groups -OCH3 is 2. The van der Waals surface area contributed by atoms with Crippen molar-refractivity contribution in [2.24, 2.45) is 0 Å². The Hall–Kier alpha value is -4.35. The quantitative estimate of drug-likeness (QED) is 0.120. The first-order valence-electron chi connectivity index (χ1n) is 15.0. The molecule has 1 saturated heterocycles. The van der Waals surface area contributed by atoms with E-state index in [1.807, 2.05) is 91.0 Å². The number of aliphatic hydroxyl groups excluding tert-OH is 1. The van der Waals surface area contributed by atoms with Gasteiger partial charge in [-0.3, -0.25) is 0 Å². The molecule has 4 aromatic rings. The lowest BCUT2D eigenvalue weighted by atomic mass is 10.0. The van der Waals surface area contributed by atoms with Gasteiger partial charge in [0.1, 0.15) is 11.8 Å². The highest BCUT2D eigenvalue weighted by atomic mass is 32.2. The molecule has 0 bridgehead atoms. The zero-order valence-corrected chi connectivity index (χ0v) is 26.6.